The normalized spacial score (nSPS) is 28.6. The number of alkyl halides is 2. The zero-order chi connectivity index (χ0) is 22.1. The van der Waals surface area contributed by atoms with Crippen LogP contribution in [0.1, 0.15) is 88.7 Å². The van der Waals surface area contributed by atoms with Crippen LogP contribution in [0.4, 0.5) is 8.78 Å². The lowest BCUT2D eigenvalue weighted by Crippen LogP contribution is -2.35. The van der Waals surface area contributed by atoms with E-state index in [-0.39, 0.29) is 18.3 Å². The number of aryl methyl sites for hydroxylation is 2. The van der Waals surface area contributed by atoms with Gasteiger partial charge < -0.3 is 0 Å². The van der Waals surface area contributed by atoms with Gasteiger partial charge in [-0.05, 0) is 99.5 Å². The fourth-order valence-corrected chi connectivity index (χ4v) is 5.61. The van der Waals surface area contributed by atoms with Gasteiger partial charge in [0, 0.05) is 12.3 Å². The molecule has 31 heavy (non-hydrogen) atoms. The van der Waals surface area contributed by atoms with E-state index in [0.717, 1.165) is 31.6 Å². The number of hydrogen-bond acceptors (Lipinski definition) is 0. The number of benzene rings is 1. The molecule has 0 heterocycles. The van der Waals surface area contributed by atoms with Gasteiger partial charge in [0.15, 0.2) is 0 Å². The first-order valence-electron chi connectivity index (χ1n) is 12.7. The van der Waals surface area contributed by atoms with Gasteiger partial charge in [-0.2, -0.15) is 0 Å². The molecule has 2 aliphatic carbocycles. The minimum Gasteiger partial charge on any atom is -0.207 e. The first-order chi connectivity index (χ1) is 15.0. The molecule has 0 saturated heterocycles. The van der Waals surface area contributed by atoms with Crippen LogP contribution < -0.4 is 0 Å². The Bertz CT molecular complexity index is 679. The maximum Gasteiger partial charge on any atom is 0.251 e. The number of allylic oxidation sites excluding steroid dienone is 3. The molecule has 0 spiro atoms. The molecule has 2 heteroatoms. The van der Waals surface area contributed by atoms with Crippen molar-refractivity contribution < 1.29 is 8.78 Å². The van der Waals surface area contributed by atoms with E-state index >= 15 is 0 Å². The molecular formula is C29H42F2. The Balaban J connectivity index is 1.36. The first kappa shape index (κ1) is 24.2. The van der Waals surface area contributed by atoms with Crippen molar-refractivity contribution in [2.75, 3.05) is 0 Å². The average molecular weight is 429 g/mol. The summed E-state index contributed by atoms with van der Waals surface area (Å²) in [7, 11) is 0. The smallest absolute Gasteiger partial charge is 0.207 e. The third-order valence-corrected chi connectivity index (χ3v) is 7.70. The predicted molar refractivity (Wildman–Crippen MR) is 129 cm³/mol. The molecule has 0 nitrogen and oxygen atoms in total. The van der Waals surface area contributed by atoms with Crippen LogP contribution in [-0.4, -0.2) is 5.92 Å². The Hall–Kier alpha value is -1.44. The average Bonchev–Trinajstić information content (AvgIpc) is 2.78. The van der Waals surface area contributed by atoms with Crippen LogP contribution in [0.5, 0.6) is 0 Å². The second-order valence-electron chi connectivity index (χ2n) is 10.1. The molecule has 0 aliphatic heterocycles. The van der Waals surface area contributed by atoms with Gasteiger partial charge in [-0.15, -0.1) is 6.58 Å². The lowest BCUT2D eigenvalue weighted by molar-refractivity contribution is -0.0986. The molecule has 2 saturated carbocycles. The van der Waals surface area contributed by atoms with E-state index in [1.54, 1.807) is 0 Å². The van der Waals surface area contributed by atoms with E-state index in [2.05, 4.69) is 43.0 Å². The summed E-state index contributed by atoms with van der Waals surface area (Å²) in [5, 5.41) is 0. The lowest BCUT2D eigenvalue weighted by atomic mass is 9.75. The van der Waals surface area contributed by atoms with Gasteiger partial charge in [-0.3, -0.25) is 0 Å². The van der Waals surface area contributed by atoms with E-state index in [0.29, 0.717) is 18.8 Å². The van der Waals surface area contributed by atoms with Crippen molar-refractivity contribution in [1.82, 2.24) is 0 Å². The summed E-state index contributed by atoms with van der Waals surface area (Å²) in [5.74, 6) is -1.36. The van der Waals surface area contributed by atoms with Crippen molar-refractivity contribution in [1.29, 1.82) is 0 Å². The SMILES string of the molecule is C=CCCc1ccc(CCC2CCC(/C=C/C3CCC(CCC)C(F)(F)C3)CC2)cc1. The van der Waals surface area contributed by atoms with Crippen LogP contribution in [0, 0.1) is 23.7 Å². The second-order valence-corrected chi connectivity index (χ2v) is 10.1. The van der Waals surface area contributed by atoms with Gasteiger partial charge in [-0.25, -0.2) is 8.78 Å². The summed E-state index contributed by atoms with van der Waals surface area (Å²) in [6, 6.07) is 9.11. The maximum atomic E-state index is 14.4. The van der Waals surface area contributed by atoms with Gasteiger partial charge in [0.05, 0.1) is 0 Å². The standard InChI is InChI=1S/C29H42F2/c1-3-5-7-23-8-10-24(11-9-23)12-13-25-14-16-26(17-15-25)18-19-27-20-21-28(6-4-2)29(30,31)22-27/h3,8-11,18-19,25-28H,1,4-7,12-17,20-22H2,2H3/b19-18+. The maximum absolute atomic E-state index is 14.4. The molecular weight excluding hydrogens is 386 g/mol. The monoisotopic (exact) mass is 428 g/mol. The summed E-state index contributed by atoms with van der Waals surface area (Å²) >= 11 is 0. The van der Waals surface area contributed by atoms with E-state index < -0.39 is 5.92 Å². The molecule has 2 fully saturated rings. The minimum atomic E-state index is -2.47. The highest BCUT2D eigenvalue weighted by Crippen LogP contribution is 2.44. The third-order valence-electron chi connectivity index (χ3n) is 7.70. The zero-order valence-corrected chi connectivity index (χ0v) is 19.5. The fourth-order valence-electron chi connectivity index (χ4n) is 5.61. The van der Waals surface area contributed by atoms with Crippen molar-refractivity contribution in [3.8, 4) is 0 Å². The molecule has 0 radical (unpaired) electrons. The van der Waals surface area contributed by atoms with Gasteiger partial charge >= 0.3 is 0 Å². The van der Waals surface area contributed by atoms with E-state index in [1.807, 2.05) is 13.0 Å². The summed E-state index contributed by atoms with van der Waals surface area (Å²) in [5.41, 5.74) is 2.84. The highest BCUT2D eigenvalue weighted by molar-refractivity contribution is 5.23. The van der Waals surface area contributed by atoms with E-state index in [4.69, 9.17) is 0 Å². The lowest BCUT2D eigenvalue weighted by Gasteiger charge is -2.35. The van der Waals surface area contributed by atoms with Gasteiger partial charge in [0.25, 0.3) is 5.92 Å². The van der Waals surface area contributed by atoms with Crippen molar-refractivity contribution in [2.24, 2.45) is 23.7 Å². The summed E-state index contributed by atoms with van der Waals surface area (Å²) < 4.78 is 28.8. The van der Waals surface area contributed by atoms with Crippen LogP contribution in [0.2, 0.25) is 0 Å². The van der Waals surface area contributed by atoms with Gasteiger partial charge in [0.2, 0.25) is 0 Å². The predicted octanol–water partition coefficient (Wildman–Crippen LogP) is 8.95. The molecule has 2 aliphatic rings. The van der Waals surface area contributed by atoms with Crippen molar-refractivity contribution >= 4 is 0 Å². The summed E-state index contributed by atoms with van der Waals surface area (Å²) in [6.45, 7) is 5.81. The van der Waals surface area contributed by atoms with Crippen LogP contribution in [0.15, 0.2) is 49.1 Å². The first-order valence-corrected chi connectivity index (χ1v) is 12.7. The number of halogens is 2. The molecule has 2 atom stereocenters. The molecule has 0 bridgehead atoms. The quantitative estimate of drug-likeness (QED) is 0.326. The fraction of sp³-hybridized carbons (Fsp3) is 0.655. The molecule has 1 aromatic carbocycles. The Morgan fingerprint density at radius 1 is 0.871 bits per heavy atom. The van der Waals surface area contributed by atoms with E-state index in [1.165, 1.54) is 49.7 Å². The molecule has 1 aromatic rings. The van der Waals surface area contributed by atoms with Crippen molar-refractivity contribution in [3.63, 3.8) is 0 Å². The number of hydrogen-bond donors (Lipinski definition) is 0. The Kier molecular flexibility index (Phi) is 9.35. The van der Waals surface area contributed by atoms with Gasteiger partial charge in [-0.1, -0.05) is 55.8 Å². The highest BCUT2D eigenvalue weighted by atomic mass is 19.3. The molecule has 0 amide bonds. The van der Waals surface area contributed by atoms with Crippen LogP contribution in [-0.2, 0) is 12.8 Å². The topological polar surface area (TPSA) is 0 Å². The largest absolute Gasteiger partial charge is 0.251 e. The Labute approximate surface area is 189 Å². The highest BCUT2D eigenvalue weighted by Gasteiger charge is 2.43. The molecule has 172 valence electrons. The third kappa shape index (κ3) is 7.58. The Morgan fingerprint density at radius 2 is 1.48 bits per heavy atom. The van der Waals surface area contributed by atoms with Crippen LogP contribution in [0.25, 0.3) is 0 Å². The minimum absolute atomic E-state index is 0.0654. The zero-order valence-electron chi connectivity index (χ0n) is 19.5. The molecule has 3 rings (SSSR count). The molecule has 0 N–H and O–H groups in total. The second kappa shape index (κ2) is 12.0. The van der Waals surface area contributed by atoms with Crippen molar-refractivity contribution in [2.45, 2.75) is 96.3 Å². The molecule has 2 unspecified atom stereocenters. The summed E-state index contributed by atoms with van der Waals surface area (Å²) in [4.78, 5) is 0. The van der Waals surface area contributed by atoms with Gasteiger partial charge in [0.1, 0.15) is 0 Å². The molecule has 0 aromatic heterocycles. The number of rotatable bonds is 10. The summed E-state index contributed by atoms with van der Waals surface area (Å²) in [6.07, 6.45) is 19.2. The van der Waals surface area contributed by atoms with Crippen LogP contribution >= 0.6 is 0 Å². The Morgan fingerprint density at radius 3 is 2.10 bits per heavy atom. The van der Waals surface area contributed by atoms with Crippen molar-refractivity contribution in [3.05, 3.63) is 60.2 Å². The van der Waals surface area contributed by atoms with E-state index in [9.17, 15) is 8.78 Å². The van der Waals surface area contributed by atoms with Crippen LogP contribution in [0.3, 0.4) is 0 Å².